The fourth-order valence-corrected chi connectivity index (χ4v) is 2.27. The van der Waals surface area contributed by atoms with Crippen LogP contribution >= 0.6 is 0 Å². The lowest BCUT2D eigenvalue weighted by Gasteiger charge is -2.18. The van der Waals surface area contributed by atoms with Crippen LogP contribution in [0.15, 0.2) is 42.6 Å². The molecule has 1 aromatic heterocycles. The second-order valence-electron chi connectivity index (χ2n) is 4.53. The number of carbonyl (C=O) groups is 1. The molecule has 0 radical (unpaired) electrons. The molecule has 2 aromatic rings. The zero-order valence-electron chi connectivity index (χ0n) is 10.6. The number of aromatic nitrogens is 1. The molecule has 0 spiro atoms. The monoisotopic (exact) mass is 254 g/mol. The summed E-state index contributed by atoms with van der Waals surface area (Å²) in [6, 6.07) is 11.8. The zero-order valence-corrected chi connectivity index (χ0v) is 10.6. The number of amides is 1. The largest absolute Gasteiger partial charge is 0.464 e. The number of hydrogen-bond donors (Lipinski definition) is 1. The van der Waals surface area contributed by atoms with Gasteiger partial charge in [0.1, 0.15) is 11.4 Å². The summed E-state index contributed by atoms with van der Waals surface area (Å²) in [6.45, 7) is 1.47. The first-order valence-electron chi connectivity index (χ1n) is 6.19. The lowest BCUT2D eigenvalue weighted by molar-refractivity contribution is -0.121. The topological polar surface area (TPSA) is 51.2 Å². The van der Waals surface area contributed by atoms with Crippen molar-refractivity contribution in [2.24, 2.45) is 0 Å². The van der Waals surface area contributed by atoms with Crippen LogP contribution in [0.1, 0.15) is 30.0 Å². The van der Waals surface area contributed by atoms with Crippen LogP contribution in [0.2, 0.25) is 0 Å². The second kappa shape index (κ2) is 4.72. The van der Waals surface area contributed by atoms with Crippen molar-refractivity contribution in [1.29, 1.82) is 0 Å². The predicted octanol–water partition coefficient (Wildman–Crippen LogP) is 2.20. The van der Waals surface area contributed by atoms with Crippen LogP contribution < -0.4 is 10.1 Å². The maximum absolute atomic E-state index is 11.3. The summed E-state index contributed by atoms with van der Waals surface area (Å²) in [5, 5.41) is 2.80. The van der Waals surface area contributed by atoms with Gasteiger partial charge in [-0.1, -0.05) is 24.3 Å². The lowest BCUT2D eigenvalue weighted by atomic mass is 10.0. The molecule has 1 atom stereocenters. The van der Waals surface area contributed by atoms with E-state index in [1.807, 2.05) is 36.4 Å². The van der Waals surface area contributed by atoms with Gasteiger partial charge in [0.25, 0.3) is 0 Å². The third-order valence-corrected chi connectivity index (χ3v) is 3.11. The molecule has 1 amide bonds. The minimum Gasteiger partial charge on any atom is -0.464 e. The summed E-state index contributed by atoms with van der Waals surface area (Å²) >= 11 is 0. The Morgan fingerprint density at radius 1 is 1.26 bits per heavy atom. The highest BCUT2D eigenvalue weighted by atomic mass is 16.5. The fraction of sp³-hybridized carbons (Fsp3) is 0.200. The normalized spacial score (nSPS) is 16.6. The molecule has 3 rings (SSSR count). The number of rotatable bonds is 1. The zero-order chi connectivity index (χ0) is 13.2. The van der Waals surface area contributed by atoms with E-state index in [9.17, 15) is 4.79 Å². The smallest absolute Gasteiger partial charge is 0.219 e. The van der Waals surface area contributed by atoms with E-state index in [0.717, 1.165) is 29.0 Å². The Balaban J connectivity index is 2.08. The van der Waals surface area contributed by atoms with Crippen LogP contribution in [0.5, 0.6) is 5.75 Å². The average molecular weight is 254 g/mol. The van der Waals surface area contributed by atoms with Crippen molar-refractivity contribution in [2.75, 3.05) is 0 Å². The molecule has 0 saturated heterocycles. The Morgan fingerprint density at radius 2 is 2.05 bits per heavy atom. The molecule has 4 heteroatoms. The lowest BCUT2D eigenvalue weighted by Crippen LogP contribution is -2.31. The Hall–Kier alpha value is -2.36. The number of benzene rings is 1. The molecule has 0 bridgehead atoms. The molecular weight excluding hydrogens is 240 g/mol. The number of nitrogens with one attached hydrogen (secondary N) is 1. The summed E-state index contributed by atoms with van der Waals surface area (Å²) in [5.74, 6) is 0.653. The Kier molecular flexibility index (Phi) is 2.91. The predicted molar refractivity (Wildman–Crippen MR) is 70.7 cm³/mol. The number of nitrogens with zero attached hydrogens (tertiary/aromatic N) is 1. The molecule has 1 aliphatic rings. The number of ether oxygens (including phenoxy) is 1. The quantitative estimate of drug-likeness (QED) is 0.848. The van der Waals surface area contributed by atoms with Gasteiger partial charge < -0.3 is 10.1 Å². The molecule has 0 aliphatic carbocycles. The van der Waals surface area contributed by atoms with Gasteiger partial charge >= 0.3 is 0 Å². The SMILES string of the molecule is CC(=O)NC1Oc2ccccc2Cc2cccnc21. The van der Waals surface area contributed by atoms with Crippen LogP contribution in [-0.2, 0) is 11.2 Å². The highest BCUT2D eigenvalue weighted by Crippen LogP contribution is 2.31. The van der Waals surface area contributed by atoms with E-state index in [2.05, 4.69) is 10.3 Å². The van der Waals surface area contributed by atoms with E-state index in [1.165, 1.54) is 6.92 Å². The highest BCUT2D eigenvalue weighted by molar-refractivity contribution is 5.73. The third kappa shape index (κ3) is 2.29. The van der Waals surface area contributed by atoms with Crippen molar-refractivity contribution in [2.45, 2.75) is 19.6 Å². The molecule has 19 heavy (non-hydrogen) atoms. The molecule has 0 fully saturated rings. The number of para-hydroxylation sites is 1. The average Bonchev–Trinajstić information content (AvgIpc) is 2.55. The molecule has 1 unspecified atom stereocenters. The van der Waals surface area contributed by atoms with Crippen LogP contribution in [0.25, 0.3) is 0 Å². The van der Waals surface area contributed by atoms with Gasteiger partial charge in [-0.05, 0) is 23.3 Å². The summed E-state index contributed by atoms with van der Waals surface area (Å²) in [6.07, 6.45) is 1.94. The molecule has 1 N–H and O–H groups in total. The van der Waals surface area contributed by atoms with Crippen LogP contribution in [0.3, 0.4) is 0 Å². The number of fused-ring (bicyclic) bond motifs is 2. The van der Waals surface area contributed by atoms with Crippen LogP contribution in [-0.4, -0.2) is 10.9 Å². The van der Waals surface area contributed by atoms with Gasteiger partial charge in [0.2, 0.25) is 12.1 Å². The van der Waals surface area contributed by atoms with E-state index < -0.39 is 6.23 Å². The third-order valence-electron chi connectivity index (χ3n) is 3.11. The Labute approximate surface area is 111 Å². The van der Waals surface area contributed by atoms with Crippen molar-refractivity contribution in [3.05, 3.63) is 59.4 Å². The van der Waals surface area contributed by atoms with Crippen molar-refractivity contribution in [1.82, 2.24) is 10.3 Å². The fourth-order valence-electron chi connectivity index (χ4n) is 2.27. The minimum atomic E-state index is -0.530. The summed E-state index contributed by atoms with van der Waals surface area (Å²) in [7, 11) is 0. The van der Waals surface area contributed by atoms with Gasteiger partial charge in [0.05, 0.1) is 0 Å². The molecule has 1 aliphatic heterocycles. The number of carbonyl (C=O) groups excluding carboxylic acids is 1. The van der Waals surface area contributed by atoms with Crippen LogP contribution in [0.4, 0.5) is 0 Å². The summed E-state index contributed by atoms with van der Waals surface area (Å²) in [4.78, 5) is 15.7. The first-order valence-corrected chi connectivity index (χ1v) is 6.19. The number of pyridine rings is 1. The molecule has 0 saturated carbocycles. The van der Waals surface area contributed by atoms with Gasteiger partial charge in [-0.2, -0.15) is 0 Å². The number of hydrogen-bond acceptors (Lipinski definition) is 3. The summed E-state index contributed by atoms with van der Waals surface area (Å²) in [5.41, 5.74) is 2.95. The Bertz CT molecular complexity index is 625. The Morgan fingerprint density at radius 3 is 2.89 bits per heavy atom. The van der Waals surface area contributed by atoms with Gasteiger partial charge in [-0.3, -0.25) is 9.78 Å². The minimum absolute atomic E-state index is 0.138. The van der Waals surface area contributed by atoms with Crippen molar-refractivity contribution >= 4 is 5.91 Å². The highest BCUT2D eigenvalue weighted by Gasteiger charge is 2.24. The molecular formula is C15H14N2O2. The molecule has 4 nitrogen and oxygen atoms in total. The van der Waals surface area contributed by atoms with Gasteiger partial charge in [-0.15, -0.1) is 0 Å². The standard InChI is InChI=1S/C15H14N2O2/c1-10(18)17-15-14-12(6-4-8-16-14)9-11-5-2-3-7-13(11)19-15/h2-8,15H,9H2,1H3,(H,17,18). The van der Waals surface area contributed by atoms with E-state index in [1.54, 1.807) is 6.20 Å². The van der Waals surface area contributed by atoms with Gasteiger partial charge in [0, 0.05) is 19.5 Å². The maximum atomic E-state index is 11.3. The van der Waals surface area contributed by atoms with Gasteiger partial charge in [0.15, 0.2) is 0 Å². The molecule has 1 aromatic carbocycles. The van der Waals surface area contributed by atoms with Crippen molar-refractivity contribution in [3.63, 3.8) is 0 Å². The second-order valence-corrected chi connectivity index (χ2v) is 4.53. The van der Waals surface area contributed by atoms with Crippen molar-refractivity contribution in [3.8, 4) is 5.75 Å². The molecule has 96 valence electrons. The molecule has 2 heterocycles. The van der Waals surface area contributed by atoms with E-state index in [4.69, 9.17) is 4.74 Å². The van der Waals surface area contributed by atoms with Crippen LogP contribution in [0, 0.1) is 0 Å². The van der Waals surface area contributed by atoms with E-state index in [0.29, 0.717) is 0 Å². The van der Waals surface area contributed by atoms with Gasteiger partial charge in [-0.25, -0.2) is 0 Å². The van der Waals surface area contributed by atoms with Crippen molar-refractivity contribution < 1.29 is 9.53 Å². The van der Waals surface area contributed by atoms with E-state index in [-0.39, 0.29) is 5.91 Å². The van der Waals surface area contributed by atoms with E-state index >= 15 is 0 Å². The maximum Gasteiger partial charge on any atom is 0.219 e. The first kappa shape index (κ1) is 11.7. The summed E-state index contributed by atoms with van der Waals surface area (Å²) < 4.78 is 5.90. The first-order chi connectivity index (χ1) is 9.24.